The number of fused-ring (bicyclic) bond motifs is 2. The first-order valence-electron chi connectivity index (χ1n) is 17.6. The zero-order valence-corrected chi connectivity index (χ0v) is 29.3. The molecule has 4 aromatic rings. The predicted octanol–water partition coefficient (Wildman–Crippen LogP) is 8.95. The van der Waals surface area contributed by atoms with Crippen LogP contribution in [0.1, 0.15) is 88.6 Å². The Balaban J connectivity index is 1.34. The van der Waals surface area contributed by atoms with Gasteiger partial charge < -0.3 is 19.3 Å². The van der Waals surface area contributed by atoms with E-state index in [2.05, 4.69) is 21.7 Å². The standard InChI is InChI=1S/C38H45F3N6O3/c1-6-24-18-26-31(32(49-22-38(39,40)41)30(24)29-23(2)12-13-28-27(29)19-42-45-28)43-33(25-10-8-7-9-11-25)44-34(26)46-16-14-37(15-17-46)20-47(21-37)35(48)50-36(3,4)5/h6,12-13,18-19,25H,1,7-11,14-17,20-22H2,2-5H3,(H,42,45). The lowest BCUT2D eigenvalue weighted by Gasteiger charge is -2.53. The maximum Gasteiger partial charge on any atom is 0.422 e. The van der Waals surface area contributed by atoms with Gasteiger partial charge in [-0.1, -0.05) is 38.0 Å². The first-order chi connectivity index (χ1) is 23.7. The van der Waals surface area contributed by atoms with Crippen LogP contribution in [0.15, 0.2) is 31.0 Å². The van der Waals surface area contributed by atoms with Crippen molar-refractivity contribution < 1.29 is 27.4 Å². The number of H-pyrrole nitrogens is 1. The van der Waals surface area contributed by atoms with Crippen molar-refractivity contribution in [3.63, 3.8) is 0 Å². The number of carbonyl (C=O) groups excluding carboxylic acids is 1. The molecule has 1 N–H and O–H groups in total. The third kappa shape index (κ3) is 6.60. The average Bonchev–Trinajstić information content (AvgIpc) is 3.53. The van der Waals surface area contributed by atoms with Crippen molar-refractivity contribution >= 4 is 39.8 Å². The van der Waals surface area contributed by atoms with Crippen molar-refractivity contribution in [3.05, 3.63) is 47.9 Å². The fourth-order valence-corrected chi connectivity index (χ4v) is 7.94. The number of alkyl halides is 3. The van der Waals surface area contributed by atoms with Crippen LogP contribution in [-0.4, -0.2) is 75.7 Å². The van der Waals surface area contributed by atoms with Crippen molar-refractivity contribution in [1.82, 2.24) is 25.1 Å². The summed E-state index contributed by atoms with van der Waals surface area (Å²) in [6, 6.07) is 5.78. The first-order valence-corrected chi connectivity index (χ1v) is 17.6. The van der Waals surface area contributed by atoms with Crippen LogP contribution in [0, 0.1) is 12.3 Å². The number of anilines is 1. The molecule has 0 bridgehead atoms. The number of aromatic nitrogens is 4. The number of hydrogen-bond acceptors (Lipinski definition) is 7. The summed E-state index contributed by atoms with van der Waals surface area (Å²) >= 11 is 0. The van der Waals surface area contributed by atoms with E-state index in [-0.39, 0.29) is 23.2 Å². The van der Waals surface area contributed by atoms with Gasteiger partial charge in [-0.05, 0) is 82.2 Å². The van der Waals surface area contributed by atoms with Crippen LogP contribution in [0.3, 0.4) is 0 Å². The van der Waals surface area contributed by atoms with E-state index in [0.717, 1.165) is 67.0 Å². The second kappa shape index (κ2) is 12.8. The molecule has 7 rings (SSSR count). The number of nitrogens with one attached hydrogen (secondary N) is 1. The number of likely N-dealkylation sites (tertiary alicyclic amines) is 1. The van der Waals surface area contributed by atoms with Crippen LogP contribution in [0.2, 0.25) is 0 Å². The molecule has 1 saturated carbocycles. The molecule has 3 aliphatic rings. The maximum absolute atomic E-state index is 13.9. The van der Waals surface area contributed by atoms with Crippen molar-refractivity contribution in [2.45, 2.75) is 90.3 Å². The number of halogens is 3. The van der Waals surface area contributed by atoms with Crippen molar-refractivity contribution in [2.75, 3.05) is 37.7 Å². The predicted molar refractivity (Wildman–Crippen MR) is 189 cm³/mol. The van der Waals surface area contributed by atoms with Crippen molar-refractivity contribution in [1.29, 1.82) is 0 Å². The molecule has 266 valence electrons. The number of amides is 1. The summed E-state index contributed by atoms with van der Waals surface area (Å²) in [7, 11) is 0. The van der Waals surface area contributed by atoms with E-state index in [4.69, 9.17) is 19.4 Å². The number of carbonyl (C=O) groups is 1. The van der Waals surface area contributed by atoms with Gasteiger partial charge in [-0.15, -0.1) is 0 Å². The molecule has 0 unspecified atom stereocenters. The Morgan fingerprint density at radius 1 is 1.06 bits per heavy atom. The number of aromatic amines is 1. The molecule has 3 fully saturated rings. The molecule has 1 aliphatic carbocycles. The Morgan fingerprint density at radius 2 is 1.78 bits per heavy atom. The number of benzene rings is 2. The second-order valence-electron chi connectivity index (χ2n) is 15.3. The van der Waals surface area contributed by atoms with Gasteiger partial charge >= 0.3 is 12.3 Å². The lowest BCUT2D eigenvalue weighted by Crippen LogP contribution is -2.62. The highest BCUT2D eigenvalue weighted by Gasteiger charge is 2.48. The Hall–Kier alpha value is -4.35. The minimum Gasteiger partial charge on any atom is -0.481 e. The quantitative estimate of drug-likeness (QED) is 0.216. The summed E-state index contributed by atoms with van der Waals surface area (Å²) in [5.41, 5.74) is 3.31. The number of aryl methyl sites for hydroxylation is 1. The Bertz CT molecular complexity index is 1930. The Labute approximate surface area is 290 Å². The van der Waals surface area contributed by atoms with Crippen LogP contribution in [0.4, 0.5) is 23.8 Å². The zero-order valence-electron chi connectivity index (χ0n) is 29.3. The highest BCUT2D eigenvalue weighted by Crippen LogP contribution is 2.48. The van der Waals surface area contributed by atoms with Gasteiger partial charge in [-0.25, -0.2) is 14.8 Å². The van der Waals surface area contributed by atoms with E-state index in [9.17, 15) is 18.0 Å². The smallest absolute Gasteiger partial charge is 0.422 e. The zero-order chi connectivity index (χ0) is 35.4. The molecule has 50 heavy (non-hydrogen) atoms. The first kappa shape index (κ1) is 34.1. The van der Waals surface area contributed by atoms with E-state index in [1.165, 1.54) is 0 Å². The lowest BCUT2D eigenvalue weighted by molar-refractivity contribution is -0.153. The van der Waals surface area contributed by atoms with E-state index >= 15 is 0 Å². The molecule has 1 amide bonds. The highest BCUT2D eigenvalue weighted by molar-refractivity contribution is 6.07. The number of hydrogen-bond donors (Lipinski definition) is 1. The van der Waals surface area contributed by atoms with Crippen LogP contribution in [0.25, 0.3) is 39.0 Å². The summed E-state index contributed by atoms with van der Waals surface area (Å²) in [5.74, 6) is 1.54. The molecule has 9 nitrogen and oxygen atoms in total. The number of ether oxygens (including phenoxy) is 2. The van der Waals surface area contributed by atoms with E-state index in [0.29, 0.717) is 59.9 Å². The molecule has 2 aromatic carbocycles. The number of piperidine rings is 1. The minimum absolute atomic E-state index is 0.00364. The molecular formula is C38H45F3N6O3. The third-order valence-corrected chi connectivity index (χ3v) is 10.5. The molecule has 1 spiro atoms. The van der Waals surface area contributed by atoms with Gasteiger partial charge in [0.1, 0.15) is 22.8 Å². The van der Waals surface area contributed by atoms with Gasteiger partial charge in [0, 0.05) is 53.8 Å². The van der Waals surface area contributed by atoms with E-state index in [1.807, 2.05) is 45.9 Å². The molecule has 4 heterocycles. The van der Waals surface area contributed by atoms with Gasteiger partial charge in [0.2, 0.25) is 0 Å². The van der Waals surface area contributed by atoms with E-state index < -0.39 is 18.4 Å². The van der Waals surface area contributed by atoms with Gasteiger partial charge in [-0.2, -0.15) is 18.3 Å². The molecule has 0 atom stereocenters. The summed E-state index contributed by atoms with van der Waals surface area (Å²) in [5, 5.41) is 8.63. The van der Waals surface area contributed by atoms with Crippen LogP contribution in [0.5, 0.6) is 5.75 Å². The largest absolute Gasteiger partial charge is 0.481 e. The monoisotopic (exact) mass is 690 g/mol. The lowest BCUT2D eigenvalue weighted by atomic mass is 9.72. The van der Waals surface area contributed by atoms with Crippen LogP contribution < -0.4 is 9.64 Å². The van der Waals surface area contributed by atoms with Crippen LogP contribution >= 0.6 is 0 Å². The van der Waals surface area contributed by atoms with Gasteiger partial charge in [-0.3, -0.25) is 5.10 Å². The average molecular weight is 691 g/mol. The molecule has 12 heteroatoms. The minimum atomic E-state index is -4.57. The molecule has 2 aromatic heterocycles. The molecule has 2 aliphatic heterocycles. The van der Waals surface area contributed by atoms with Gasteiger partial charge in [0.25, 0.3) is 0 Å². The summed E-state index contributed by atoms with van der Waals surface area (Å²) in [6.07, 6.45) is 5.32. The molecule has 2 saturated heterocycles. The highest BCUT2D eigenvalue weighted by atomic mass is 19.4. The Morgan fingerprint density at radius 3 is 2.44 bits per heavy atom. The number of nitrogens with zero attached hydrogens (tertiary/aromatic N) is 5. The summed E-state index contributed by atoms with van der Waals surface area (Å²) < 4.78 is 53.2. The SMILES string of the molecule is C=Cc1cc2c(N3CCC4(CC3)CN(C(=O)OC(C)(C)C)C4)nc(C3CCCCC3)nc2c(OCC(F)(F)F)c1-c1c(C)ccc2[nH]ncc12. The fraction of sp³-hybridized carbons (Fsp3) is 0.526. The molecule has 0 radical (unpaired) electrons. The van der Waals surface area contributed by atoms with Gasteiger partial charge in [0.05, 0.1) is 11.7 Å². The fourth-order valence-electron chi connectivity index (χ4n) is 7.94. The van der Waals surface area contributed by atoms with Crippen LogP contribution in [-0.2, 0) is 4.74 Å². The number of rotatable bonds is 6. The second-order valence-corrected chi connectivity index (χ2v) is 15.3. The normalized spacial score (nSPS) is 18.5. The van der Waals surface area contributed by atoms with Gasteiger partial charge in [0.15, 0.2) is 12.4 Å². The summed E-state index contributed by atoms with van der Waals surface area (Å²) in [6.45, 7) is 12.8. The molecular weight excluding hydrogens is 645 g/mol. The third-order valence-electron chi connectivity index (χ3n) is 10.5. The van der Waals surface area contributed by atoms with Crippen molar-refractivity contribution in [3.8, 4) is 16.9 Å². The topological polar surface area (TPSA) is 96.5 Å². The van der Waals surface area contributed by atoms with Crippen molar-refractivity contribution in [2.24, 2.45) is 5.41 Å². The maximum atomic E-state index is 13.9. The van der Waals surface area contributed by atoms with E-state index in [1.54, 1.807) is 17.2 Å². The Kier molecular flexibility index (Phi) is 8.71. The summed E-state index contributed by atoms with van der Waals surface area (Å²) in [4.78, 5) is 27.0.